The maximum Gasteiger partial charge on any atom is 0.417 e. The lowest BCUT2D eigenvalue weighted by molar-refractivity contribution is -0.138. The highest BCUT2D eigenvalue weighted by Crippen LogP contribution is 2.39. The molecule has 0 bridgehead atoms. The molecule has 0 amide bonds. The summed E-state index contributed by atoms with van der Waals surface area (Å²) in [7, 11) is 0. The number of carbonyl (C=O) groups is 2. The number of carboxylic acid groups (broad SMARTS) is 2. The molecule has 8 rings (SSSR count). The van der Waals surface area contributed by atoms with Crippen LogP contribution >= 0.6 is 23.2 Å². The molecule has 0 fully saturated rings. The lowest BCUT2D eigenvalue weighted by Crippen LogP contribution is -2.37. The summed E-state index contributed by atoms with van der Waals surface area (Å²) in [6, 6.07) is 62.0. The normalized spacial score (nSPS) is 12.5. The van der Waals surface area contributed by atoms with Gasteiger partial charge in [0.25, 0.3) is 0 Å². The van der Waals surface area contributed by atoms with Crippen molar-refractivity contribution in [2.75, 3.05) is 26.3 Å². The molecule has 0 aliphatic heterocycles. The van der Waals surface area contributed by atoms with Crippen molar-refractivity contribution >= 4 is 35.1 Å². The molecule has 0 aliphatic rings. The molecule has 8 aromatic rings. The van der Waals surface area contributed by atoms with Crippen LogP contribution < -0.4 is 9.47 Å². The molecule has 0 saturated heterocycles. The lowest BCUT2D eigenvalue weighted by Gasteiger charge is -2.34. The zero-order valence-corrected chi connectivity index (χ0v) is 48.0. The van der Waals surface area contributed by atoms with Crippen molar-refractivity contribution in [3.63, 3.8) is 0 Å². The van der Waals surface area contributed by atoms with Crippen molar-refractivity contribution in [1.29, 1.82) is 0 Å². The van der Waals surface area contributed by atoms with Crippen LogP contribution in [-0.2, 0) is 47.9 Å². The molecule has 0 saturated carbocycles. The number of rotatable bonds is 26. The first-order chi connectivity index (χ1) is 40.2. The maximum atomic E-state index is 13.7. The van der Waals surface area contributed by atoms with Crippen molar-refractivity contribution < 1.29 is 55.6 Å². The van der Waals surface area contributed by atoms with E-state index in [9.17, 15) is 35.9 Å². The third kappa shape index (κ3) is 19.2. The summed E-state index contributed by atoms with van der Waals surface area (Å²) in [6.45, 7) is 6.24. The number of halogens is 8. The van der Waals surface area contributed by atoms with E-state index in [1.807, 2.05) is 86.6 Å². The minimum absolute atomic E-state index is 0.0342. The summed E-state index contributed by atoms with van der Waals surface area (Å²) >= 11 is 12.7. The Labute approximate surface area is 496 Å². The van der Waals surface area contributed by atoms with Gasteiger partial charge in [-0.3, -0.25) is 19.4 Å². The van der Waals surface area contributed by atoms with E-state index >= 15 is 0 Å². The summed E-state index contributed by atoms with van der Waals surface area (Å²) < 4.78 is 93.9. The minimum atomic E-state index is -4.55. The molecule has 84 heavy (non-hydrogen) atoms. The van der Waals surface area contributed by atoms with Crippen LogP contribution in [0.4, 0.5) is 26.3 Å². The van der Waals surface area contributed by atoms with Gasteiger partial charge >= 0.3 is 24.3 Å². The van der Waals surface area contributed by atoms with E-state index < -0.39 is 35.4 Å². The smallest absolute Gasteiger partial charge is 0.417 e. The first kappa shape index (κ1) is 64.0. The zero-order valence-electron chi connectivity index (χ0n) is 46.5. The first-order valence-corrected chi connectivity index (χ1v) is 28.2. The van der Waals surface area contributed by atoms with Crippen molar-refractivity contribution in [3.05, 3.63) is 272 Å². The Hall–Kier alpha value is -7.62. The van der Waals surface area contributed by atoms with Gasteiger partial charge in [0.2, 0.25) is 0 Å². The van der Waals surface area contributed by atoms with Crippen LogP contribution in [-0.4, -0.2) is 70.3 Å². The SMILES string of the molecule is C[C@H](CCOc1cccc(CC(=O)O)c1)N(Cc1cccc(C(F)(F)F)c1Cl)CC(c1ccccc1)c1ccccc1.C[C@H](CCOc1cccc(CC(=O)O)c1)N(Cc1cccc(C(F)(F)F)c1Cl)CC(c1ccccc1)c1ccccc1. The Balaban J connectivity index is 0.000000241. The fourth-order valence-electron chi connectivity index (χ4n) is 10.00. The van der Waals surface area contributed by atoms with Gasteiger partial charge in [0, 0.05) is 50.1 Å². The second-order valence-corrected chi connectivity index (χ2v) is 21.3. The number of ether oxygens (including phenoxy) is 2. The van der Waals surface area contributed by atoms with E-state index in [0.717, 1.165) is 34.4 Å². The summed E-state index contributed by atoms with van der Waals surface area (Å²) in [5, 5.41) is 17.6. The second-order valence-electron chi connectivity index (χ2n) is 20.6. The quantitative estimate of drug-likeness (QED) is 0.0518. The van der Waals surface area contributed by atoms with Crippen molar-refractivity contribution in [2.24, 2.45) is 0 Å². The number of carboxylic acids is 2. The Morgan fingerprint density at radius 2 is 0.762 bits per heavy atom. The van der Waals surface area contributed by atoms with Gasteiger partial charge in [0.1, 0.15) is 11.5 Å². The molecule has 0 spiro atoms. The molecule has 8 aromatic carbocycles. The third-order valence-corrected chi connectivity index (χ3v) is 15.4. The van der Waals surface area contributed by atoms with Gasteiger partial charge < -0.3 is 19.7 Å². The fourth-order valence-corrected chi connectivity index (χ4v) is 10.6. The summed E-state index contributed by atoms with van der Waals surface area (Å²) in [5.74, 6) is -0.770. The van der Waals surface area contributed by atoms with Gasteiger partial charge in [-0.05, 0) is 108 Å². The summed E-state index contributed by atoms with van der Waals surface area (Å²) in [5.41, 5.74) is 4.80. The minimum Gasteiger partial charge on any atom is -0.494 e. The molecule has 0 radical (unpaired) electrons. The number of aliphatic carboxylic acids is 2. The van der Waals surface area contributed by atoms with Crippen molar-refractivity contribution in [1.82, 2.24) is 9.80 Å². The first-order valence-electron chi connectivity index (χ1n) is 27.5. The highest BCUT2D eigenvalue weighted by molar-refractivity contribution is 6.32. The maximum absolute atomic E-state index is 13.7. The monoisotopic (exact) mass is 1190 g/mol. The topological polar surface area (TPSA) is 99.5 Å². The van der Waals surface area contributed by atoms with Gasteiger partial charge in [-0.2, -0.15) is 26.3 Å². The third-order valence-electron chi connectivity index (χ3n) is 14.5. The van der Waals surface area contributed by atoms with Gasteiger partial charge in [0.05, 0.1) is 47.2 Å². The van der Waals surface area contributed by atoms with Crippen molar-refractivity contribution in [3.8, 4) is 11.5 Å². The highest BCUT2D eigenvalue weighted by Gasteiger charge is 2.36. The molecule has 0 aliphatic carbocycles. The predicted molar refractivity (Wildman–Crippen MR) is 318 cm³/mol. The molecule has 2 atom stereocenters. The second kappa shape index (κ2) is 30.8. The van der Waals surface area contributed by atoms with Gasteiger partial charge in [-0.25, -0.2) is 0 Å². The molecule has 16 heteroatoms. The Bertz CT molecular complexity index is 3040. The number of hydrogen-bond acceptors (Lipinski definition) is 6. The van der Waals surface area contributed by atoms with Gasteiger partial charge in [0.15, 0.2) is 0 Å². The molecule has 8 nitrogen and oxygen atoms in total. The molecular formula is C68H66Cl2F6N2O6. The van der Waals surface area contributed by atoms with Gasteiger partial charge in [-0.15, -0.1) is 0 Å². The average molecular weight is 1190 g/mol. The van der Waals surface area contributed by atoms with Crippen LogP contribution in [0.5, 0.6) is 11.5 Å². The number of alkyl halides is 6. The zero-order chi connectivity index (χ0) is 60.2. The van der Waals surface area contributed by atoms with Gasteiger partial charge in [-0.1, -0.05) is 193 Å². The van der Waals surface area contributed by atoms with E-state index in [-0.39, 0.29) is 59.9 Å². The number of benzene rings is 8. The molecule has 0 heterocycles. The summed E-state index contributed by atoms with van der Waals surface area (Å²) in [6.07, 6.45) is -8.14. The van der Waals surface area contributed by atoms with E-state index in [0.29, 0.717) is 72.9 Å². The standard InChI is InChI=1S/2C34H33ClF3NO3/c2*1-24(18-19-42-29-16-8-10-25(20-29)21-32(40)41)39(22-28-15-9-17-31(33(28)35)34(36,37)38)23-30(26-11-4-2-5-12-26)27-13-6-3-7-14-27/h2*2-17,20,24,30H,18-19,21-23H2,1H3,(H,40,41)/t2*24-/m11/s1. The van der Waals surface area contributed by atoms with E-state index in [4.69, 9.17) is 42.9 Å². The van der Waals surface area contributed by atoms with E-state index in [2.05, 4.69) is 58.3 Å². The largest absolute Gasteiger partial charge is 0.494 e. The number of hydrogen-bond donors (Lipinski definition) is 2. The van der Waals surface area contributed by atoms with E-state index in [1.54, 1.807) is 60.7 Å². The van der Waals surface area contributed by atoms with Crippen LogP contribution in [0.25, 0.3) is 0 Å². The molecule has 2 N–H and O–H groups in total. The van der Waals surface area contributed by atoms with Crippen LogP contribution in [0, 0.1) is 0 Å². The predicted octanol–water partition coefficient (Wildman–Crippen LogP) is 17.0. The lowest BCUT2D eigenvalue weighted by atomic mass is 9.90. The van der Waals surface area contributed by atoms with Crippen LogP contribution in [0.15, 0.2) is 206 Å². The summed E-state index contributed by atoms with van der Waals surface area (Å²) in [4.78, 5) is 26.5. The Kier molecular flexibility index (Phi) is 23.4. The Morgan fingerprint density at radius 3 is 1.06 bits per heavy atom. The number of nitrogens with zero attached hydrogens (tertiary/aromatic N) is 2. The molecule has 0 aromatic heterocycles. The average Bonchev–Trinajstić information content (AvgIpc) is 3.66. The molecule has 440 valence electrons. The van der Waals surface area contributed by atoms with Crippen molar-refractivity contribution in [2.45, 2.75) is 88.9 Å². The van der Waals surface area contributed by atoms with Crippen LogP contribution in [0.2, 0.25) is 10.0 Å². The van der Waals surface area contributed by atoms with Crippen LogP contribution in [0.1, 0.15) is 94.2 Å². The fraction of sp³-hybridized carbons (Fsp3) is 0.265. The molecular weight excluding hydrogens is 1130 g/mol. The van der Waals surface area contributed by atoms with E-state index in [1.165, 1.54) is 12.1 Å². The highest BCUT2D eigenvalue weighted by atomic mass is 35.5. The molecule has 0 unspecified atom stereocenters. The Morgan fingerprint density at radius 1 is 0.452 bits per heavy atom. The van der Waals surface area contributed by atoms with Crippen LogP contribution in [0.3, 0.4) is 0 Å².